The van der Waals surface area contributed by atoms with Gasteiger partial charge in [0.2, 0.25) is 0 Å². The largest absolute Gasteiger partial charge is 0.459 e. The molecule has 0 aliphatic heterocycles. The van der Waals surface area contributed by atoms with Gasteiger partial charge in [0, 0.05) is 5.69 Å². The van der Waals surface area contributed by atoms with Gasteiger partial charge in [-0.05, 0) is 54.9 Å². The van der Waals surface area contributed by atoms with Gasteiger partial charge in [0.1, 0.15) is 0 Å². The minimum Gasteiger partial charge on any atom is -0.459 e. The Morgan fingerprint density at radius 1 is 1.18 bits per heavy atom. The fourth-order valence-electron chi connectivity index (χ4n) is 1.88. The van der Waals surface area contributed by atoms with E-state index in [2.05, 4.69) is 35.2 Å². The quantitative estimate of drug-likeness (QED) is 0.583. The highest BCUT2D eigenvalue weighted by atomic mass is 32.1. The van der Waals surface area contributed by atoms with Gasteiger partial charge in [-0.25, -0.2) is 0 Å². The molecule has 0 saturated heterocycles. The molecule has 0 atom stereocenters. The molecule has 22 heavy (non-hydrogen) atoms. The molecule has 6 heteroatoms. The van der Waals surface area contributed by atoms with Crippen LogP contribution >= 0.6 is 12.2 Å². The average molecular weight is 317 g/mol. The number of hydrogen-bond acceptors (Lipinski definition) is 3. The van der Waals surface area contributed by atoms with E-state index in [0.717, 1.165) is 12.1 Å². The van der Waals surface area contributed by atoms with Crippen LogP contribution in [0, 0.1) is 0 Å². The van der Waals surface area contributed by atoms with Crippen molar-refractivity contribution in [3.8, 4) is 0 Å². The summed E-state index contributed by atoms with van der Waals surface area (Å²) in [6.07, 6.45) is 4.89. The number of aryl methyl sites for hydroxylation is 1. The average Bonchev–Trinajstić information content (AvgIpc) is 3.06. The predicted molar refractivity (Wildman–Crippen MR) is 90.6 cm³/mol. The van der Waals surface area contributed by atoms with Crippen LogP contribution in [0.15, 0.2) is 47.1 Å². The topological polar surface area (TPSA) is 66.3 Å². The molecule has 1 aromatic carbocycles. The van der Waals surface area contributed by atoms with Crippen LogP contribution in [0.2, 0.25) is 0 Å². The minimum atomic E-state index is -0.385. The van der Waals surface area contributed by atoms with Crippen LogP contribution in [0.1, 0.15) is 35.9 Å². The van der Waals surface area contributed by atoms with Crippen molar-refractivity contribution in [1.29, 1.82) is 0 Å². The smallest absolute Gasteiger partial charge is 0.305 e. The third-order valence-corrected chi connectivity index (χ3v) is 3.27. The lowest BCUT2D eigenvalue weighted by Crippen LogP contribution is -2.43. The van der Waals surface area contributed by atoms with Gasteiger partial charge in [-0.1, -0.05) is 25.5 Å². The zero-order valence-corrected chi connectivity index (χ0v) is 13.2. The van der Waals surface area contributed by atoms with Gasteiger partial charge < -0.3 is 9.73 Å². The summed E-state index contributed by atoms with van der Waals surface area (Å²) in [5.74, 6) is -0.167. The summed E-state index contributed by atoms with van der Waals surface area (Å²) >= 11 is 5.12. The highest BCUT2D eigenvalue weighted by molar-refractivity contribution is 7.80. The fraction of sp³-hybridized carbons (Fsp3) is 0.250. The van der Waals surface area contributed by atoms with Crippen molar-refractivity contribution in [1.82, 2.24) is 10.9 Å². The molecule has 1 aromatic heterocycles. The summed E-state index contributed by atoms with van der Waals surface area (Å²) in [4.78, 5) is 11.7. The number of nitrogens with one attached hydrogen (secondary N) is 3. The molecule has 1 amide bonds. The molecule has 0 bridgehead atoms. The normalized spacial score (nSPS) is 10.0. The van der Waals surface area contributed by atoms with E-state index in [0.29, 0.717) is 5.11 Å². The molecule has 0 aliphatic rings. The first-order chi connectivity index (χ1) is 10.7. The summed E-state index contributed by atoms with van der Waals surface area (Å²) in [6, 6.07) is 11.3. The van der Waals surface area contributed by atoms with E-state index in [1.54, 1.807) is 12.1 Å². The van der Waals surface area contributed by atoms with Gasteiger partial charge in [0.05, 0.1) is 6.26 Å². The number of carbonyl (C=O) groups excluding carboxylic acids is 1. The number of amides is 1. The lowest BCUT2D eigenvalue weighted by molar-refractivity contribution is 0.0916. The zero-order chi connectivity index (χ0) is 15.8. The lowest BCUT2D eigenvalue weighted by atomic mass is 10.1. The van der Waals surface area contributed by atoms with E-state index < -0.39 is 0 Å². The van der Waals surface area contributed by atoms with E-state index in [4.69, 9.17) is 16.6 Å². The Kier molecular flexibility index (Phi) is 5.97. The standard InChI is InChI=1S/C16H19N3O2S/c1-2-3-5-12-7-9-13(10-8-12)17-16(22)19-18-15(20)14-6-4-11-21-14/h4,6-11H,2-3,5H2,1H3,(H,18,20)(H2,17,19,22). The maximum atomic E-state index is 11.7. The molecular weight excluding hydrogens is 298 g/mol. The molecule has 2 aromatic rings. The van der Waals surface area contributed by atoms with Crippen LogP contribution in [0.3, 0.4) is 0 Å². The van der Waals surface area contributed by atoms with Crippen molar-refractivity contribution in [3.63, 3.8) is 0 Å². The minimum absolute atomic E-state index is 0.218. The molecule has 0 radical (unpaired) electrons. The molecule has 3 N–H and O–H groups in total. The first-order valence-corrected chi connectivity index (χ1v) is 7.59. The number of hydrogen-bond donors (Lipinski definition) is 3. The number of hydrazine groups is 1. The summed E-state index contributed by atoms with van der Waals surface area (Å²) in [5.41, 5.74) is 7.26. The van der Waals surface area contributed by atoms with Gasteiger partial charge in [-0.3, -0.25) is 15.6 Å². The zero-order valence-electron chi connectivity index (χ0n) is 12.4. The molecule has 0 aliphatic carbocycles. The Hall–Kier alpha value is -2.34. The van der Waals surface area contributed by atoms with Crippen LogP contribution in [0.5, 0.6) is 0 Å². The summed E-state index contributed by atoms with van der Waals surface area (Å²) in [7, 11) is 0. The van der Waals surface area contributed by atoms with Crippen LogP contribution in [-0.4, -0.2) is 11.0 Å². The molecule has 5 nitrogen and oxygen atoms in total. The number of anilines is 1. The lowest BCUT2D eigenvalue weighted by Gasteiger charge is -2.11. The third kappa shape index (κ3) is 4.89. The number of carbonyl (C=O) groups is 1. The maximum Gasteiger partial charge on any atom is 0.305 e. The summed E-state index contributed by atoms with van der Waals surface area (Å²) in [6.45, 7) is 2.18. The first kappa shape index (κ1) is 16.0. The van der Waals surface area contributed by atoms with Crippen LogP contribution < -0.4 is 16.2 Å². The molecular formula is C16H19N3O2S. The van der Waals surface area contributed by atoms with E-state index in [9.17, 15) is 4.79 Å². The number of benzene rings is 1. The highest BCUT2D eigenvalue weighted by Gasteiger charge is 2.07. The molecule has 0 saturated carbocycles. The number of unbranched alkanes of at least 4 members (excludes halogenated alkanes) is 1. The predicted octanol–water partition coefficient (Wildman–Crippen LogP) is 3.25. The van der Waals surface area contributed by atoms with E-state index in [1.807, 2.05) is 12.1 Å². The van der Waals surface area contributed by atoms with Crippen molar-refractivity contribution < 1.29 is 9.21 Å². The Labute approximate surface area is 135 Å². The van der Waals surface area contributed by atoms with Crippen molar-refractivity contribution in [2.75, 3.05) is 5.32 Å². The van der Waals surface area contributed by atoms with Crippen LogP contribution in [0.4, 0.5) is 5.69 Å². The number of thiocarbonyl (C=S) groups is 1. The molecule has 0 spiro atoms. The van der Waals surface area contributed by atoms with Gasteiger partial charge in [-0.2, -0.15) is 0 Å². The highest BCUT2D eigenvalue weighted by Crippen LogP contribution is 2.11. The SMILES string of the molecule is CCCCc1ccc(NC(=S)NNC(=O)c2ccco2)cc1. The molecule has 116 valence electrons. The number of furan rings is 1. The van der Waals surface area contributed by atoms with Crippen molar-refractivity contribution >= 4 is 28.9 Å². The van der Waals surface area contributed by atoms with Crippen LogP contribution in [-0.2, 0) is 6.42 Å². The monoisotopic (exact) mass is 317 g/mol. The van der Waals surface area contributed by atoms with Gasteiger partial charge >= 0.3 is 5.91 Å². The Balaban J connectivity index is 1.78. The van der Waals surface area contributed by atoms with Crippen molar-refractivity contribution in [3.05, 3.63) is 54.0 Å². The molecule has 2 rings (SSSR count). The first-order valence-electron chi connectivity index (χ1n) is 7.19. The molecule has 0 fully saturated rings. The molecule has 1 heterocycles. The Bertz CT molecular complexity index is 609. The second-order valence-corrected chi connectivity index (χ2v) is 5.22. The fourth-order valence-corrected chi connectivity index (χ4v) is 2.05. The van der Waals surface area contributed by atoms with E-state index >= 15 is 0 Å². The Morgan fingerprint density at radius 3 is 2.59 bits per heavy atom. The van der Waals surface area contributed by atoms with E-state index in [1.165, 1.54) is 24.7 Å². The second-order valence-electron chi connectivity index (χ2n) is 4.81. The Morgan fingerprint density at radius 2 is 1.95 bits per heavy atom. The van der Waals surface area contributed by atoms with Crippen molar-refractivity contribution in [2.24, 2.45) is 0 Å². The van der Waals surface area contributed by atoms with E-state index in [-0.39, 0.29) is 11.7 Å². The molecule has 0 unspecified atom stereocenters. The second kappa shape index (κ2) is 8.19. The number of rotatable bonds is 5. The van der Waals surface area contributed by atoms with Gasteiger partial charge in [-0.15, -0.1) is 0 Å². The summed E-state index contributed by atoms with van der Waals surface area (Å²) < 4.78 is 4.98. The van der Waals surface area contributed by atoms with Crippen molar-refractivity contribution in [2.45, 2.75) is 26.2 Å². The van der Waals surface area contributed by atoms with Gasteiger partial charge in [0.25, 0.3) is 0 Å². The maximum absolute atomic E-state index is 11.7. The summed E-state index contributed by atoms with van der Waals surface area (Å²) in [5, 5.41) is 3.31. The van der Waals surface area contributed by atoms with Gasteiger partial charge in [0.15, 0.2) is 10.9 Å². The third-order valence-electron chi connectivity index (χ3n) is 3.07. The van der Waals surface area contributed by atoms with Crippen LogP contribution in [0.25, 0.3) is 0 Å².